The number of amides is 1. The summed E-state index contributed by atoms with van der Waals surface area (Å²) in [7, 11) is 0. The Hall–Kier alpha value is -2.14. The van der Waals surface area contributed by atoms with Crippen LogP contribution in [0.25, 0.3) is 0 Å². The molecule has 5 heteroatoms. The van der Waals surface area contributed by atoms with E-state index in [1.165, 1.54) is 51.4 Å². The molecular weight excluding hydrogens is 606 g/mol. The van der Waals surface area contributed by atoms with Gasteiger partial charge in [-0.15, -0.1) is 0 Å². The molecule has 4 saturated carbocycles. The molecule has 1 aromatic rings. The van der Waals surface area contributed by atoms with Gasteiger partial charge in [-0.3, -0.25) is 4.79 Å². The highest BCUT2D eigenvalue weighted by Gasteiger charge is 2.68. The van der Waals surface area contributed by atoms with Crippen LogP contribution in [-0.2, 0) is 16.0 Å². The van der Waals surface area contributed by atoms with Gasteiger partial charge in [-0.05, 0) is 145 Å². The maximum atomic E-state index is 13.0. The number of rotatable bonds is 9. The number of unbranched alkanes of at least 4 members (excludes halogenated alkanes) is 1. The van der Waals surface area contributed by atoms with Crippen molar-refractivity contribution in [1.82, 2.24) is 5.32 Å². The third-order valence-corrected chi connectivity index (χ3v) is 16.4. The SMILES string of the molecule is Cc1ccccc1CC(NC(=O)CCCC[C@]12CCC(C)(C)C[C@H]1C1=CC[C@@H]3[C@@]4(C)CC[C@H](O)C(C)(C)[C@@H]4CC[C@@]3(C)[C@]1(C)CC2)C(=O)O. The minimum Gasteiger partial charge on any atom is -0.480 e. The molecule has 0 radical (unpaired) electrons. The molecule has 9 atom stereocenters. The number of aliphatic hydroxyl groups excluding tert-OH is 1. The van der Waals surface area contributed by atoms with Crippen LogP contribution >= 0.6 is 0 Å². The van der Waals surface area contributed by atoms with Gasteiger partial charge in [0.05, 0.1) is 6.10 Å². The van der Waals surface area contributed by atoms with Crippen molar-refractivity contribution in [1.29, 1.82) is 0 Å². The van der Waals surface area contributed by atoms with Gasteiger partial charge in [0.25, 0.3) is 0 Å². The monoisotopic (exact) mass is 674 g/mol. The summed E-state index contributed by atoms with van der Waals surface area (Å²) in [5.74, 6) is 0.705. The molecule has 0 spiro atoms. The fourth-order valence-electron chi connectivity index (χ4n) is 13.1. The number of hydrogen-bond donors (Lipinski definition) is 3. The van der Waals surface area contributed by atoms with E-state index in [9.17, 15) is 19.8 Å². The van der Waals surface area contributed by atoms with Crippen molar-refractivity contribution in [3.05, 3.63) is 47.0 Å². The van der Waals surface area contributed by atoms with Crippen LogP contribution in [0.4, 0.5) is 0 Å². The molecule has 0 bridgehead atoms. The second-order valence-electron chi connectivity index (χ2n) is 19.7. The maximum absolute atomic E-state index is 13.0. The van der Waals surface area contributed by atoms with Crippen molar-refractivity contribution >= 4 is 11.9 Å². The van der Waals surface area contributed by atoms with Crippen LogP contribution in [0.2, 0.25) is 0 Å². The zero-order valence-corrected chi connectivity index (χ0v) is 32.1. The lowest BCUT2D eigenvalue weighted by molar-refractivity contribution is -0.203. The number of fused-ring (bicyclic) bond motifs is 7. The molecule has 0 heterocycles. The molecule has 4 fully saturated rings. The Morgan fingerprint density at radius 1 is 0.898 bits per heavy atom. The van der Waals surface area contributed by atoms with E-state index in [1.807, 2.05) is 31.2 Å². The van der Waals surface area contributed by atoms with E-state index in [0.717, 1.165) is 43.2 Å². The molecule has 5 nitrogen and oxygen atoms in total. The zero-order valence-electron chi connectivity index (χ0n) is 32.1. The summed E-state index contributed by atoms with van der Waals surface area (Å²) in [4.78, 5) is 25.1. The highest BCUT2D eigenvalue weighted by Crippen LogP contribution is 2.76. The molecular formula is C44H67NO4. The second kappa shape index (κ2) is 12.8. The minimum absolute atomic E-state index is 0.0271. The lowest BCUT2D eigenvalue weighted by Gasteiger charge is -2.71. The Kier molecular flexibility index (Phi) is 9.58. The number of aliphatic hydroxyl groups is 1. The normalized spacial score (nSPS) is 39.7. The molecule has 0 aromatic heterocycles. The Morgan fingerprint density at radius 3 is 2.33 bits per heavy atom. The Balaban J connectivity index is 1.16. The van der Waals surface area contributed by atoms with Crippen LogP contribution in [0.3, 0.4) is 0 Å². The van der Waals surface area contributed by atoms with E-state index in [0.29, 0.717) is 41.4 Å². The van der Waals surface area contributed by atoms with Crippen LogP contribution in [0, 0.1) is 57.2 Å². The molecule has 5 aliphatic rings. The molecule has 6 rings (SSSR count). The summed E-state index contributed by atoms with van der Waals surface area (Å²) in [5.41, 5.74) is 5.13. The van der Waals surface area contributed by atoms with Gasteiger partial charge in [0, 0.05) is 12.8 Å². The number of aliphatic carboxylic acids is 1. The summed E-state index contributed by atoms with van der Waals surface area (Å²) in [5, 5.41) is 23.8. The Bertz CT molecular complexity index is 1460. The molecule has 1 amide bonds. The molecule has 0 saturated heterocycles. The highest BCUT2D eigenvalue weighted by atomic mass is 16.4. The smallest absolute Gasteiger partial charge is 0.326 e. The van der Waals surface area contributed by atoms with Crippen molar-refractivity contribution in [3.8, 4) is 0 Å². The van der Waals surface area contributed by atoms with E-state index in [4.69, 9.17) is 0 Å². The van der Waals surface area contributed by atoms with Gasteiger partial charge < -0.3 is 15.5 Å². The first-order valence-corrected chi connectivity index (χ1v) is 19.8. The molecule has 1 unspecified atom stereocenters. The first kappa shape index (κ1) is 36.6. The number of nitrogens with one attached hydrogen (secondary N) is 1. The van der Waals surface area contributed by atoms with Gasteiger partial charge in [-0.1, -0.05) is 90.8 Å². The summed E-state index contributed by atoms with van der Waals surface area (Å²) < 4.78 is 0. The predicted octanol–water partition coefficient (Wildman–Crippen LogP) is 9.83. The van der Waals surface area contributed by atoms with Crippen LogP contribution in [-0.4, -0.2) is 34.2 Å². The zero-order chi connectivity index (χ0) is 35.6. The van der Waals surface area contributed by atoms with Crippen molar-refractivity contribution in [2.24, 2.45) is 50.2 Å². The Labute approximate surface area is 297 Å². The molecule has 49 heavy (non-hydrogen) atoms. The van der Waals surface area contributed by atoms with Gasteiger partial charge in [0.2, 0.25) is 5.91 Å². The van der Waals surface area contributed by atoms with Gasteiger partial charge >= 0.3 is 5.97 Å². The third kappa shape index (κ3) is 6.14. The Morgan fingerprint density at radius 2 is 1.61 bits per heavy atom. The number of carboxylic acid groups (broad SMARTS) is 1. The highest BCUT2D eigenvalue weighted by molar-refractivity contribution is 5.83. The minimum atomic E-state index is -0.975. The molecule has 3 N–H and O–H groups in total. The molecule has 5 aliphatic carbocycles. The number of benzene rings is 1. The first-order chi connectivity index (χ1) is 22.9. The van der Waals surface area contributed by atoms with Crippen molar-refractivity contribution in [2.45, 2.75) is 164 Å². The predicted molar refractivity (Wildman–Crippen MR) is 198 cm³/mol. The number of carbonyl (C=O) groups excluding carboxylic acids is 1. The fourth-order valence-corrected chi connectivity index (χ4v) is 13.1. The average Bonchev–Trinajstić information content (AvgIpc) is 3.02. The van der Waals surface area contributed by atoms with Crippen LogP contribution in [0.5, 0.6) is 0 Å². The fraction of sp³-hybridized carbons (Fsp3) is 0.773. The number of carboxylic acids is 1. The van der Waals surface area contributed by atoms with Crippen LogP contribution in [0.1, 0.15) is 149 Å². The van der Waals surface area contributed by atoms with Gasteiger partial charge in [0.1, 0.15) is 6.04 Å². The standard InChI is InChI=1S/C44H67NO4/c1-29-13-9-10-14-30(29)27-33(38(48)49)45-37(47)15-11-12-20-44-25-23-39(2,3)28-32(44)31-16-17-35-41(6)21-19-36(46)40(4,5)34(41)18-22-43(35,8)42(31,7)24-26-44/h9-10,13-14,16,32-36,46H,11-12,15,17-28H2,1-8H3,(H,45,47)(H,48,49)/t32-,33?,34-,35+,36-,41-,42+,43+,44+/m0/s1. The van der Waals surface area contributed by atoms with Gasteiger partial charge in [0.15, 0.2) is 0 Å². The number of allylic oxidation sites excluding steroid dienone is 2. The molecule has 0 aliphatic heterocycles. The van der Waals surface area contributed by atoms with Crippen molar-refractivity contribution in [3.63, 3.8) is 0 Å². The van der Waals surface area contributed by atoms with Crippen LogP contribution < -0.4 is 5.32 Å². The van der Waals surface area contributed by atoms with Crippen molar-refractivity contribution < 1.29 is 19.8 Å². The van der Waals surface area contributed by atoms with Crippen LogP contribution in [0.15, 0.2) is 35.9 Å². The quantitative estimate of drug-likeness (QED) is 0.180. The summed E-state index contributed by atoms with van der Waals surface area (Å²) in [6, 6.07) is 6.90. The lowest BCUT2D eigenvalue weighted by atomic mass is 9.33. The van der Waals surface area contributed by atoms with E-state index in [2.05, 4.69) is 59.9 Å². The topological polar surface area (TPSA) is 86.6 Å². The lowest BCUT2D eigenvalue weighted by Crippen LogP contribution is -2.64. The number of aryl methyl sites for hydroxylation is 1. The van der Waals surface area contributed by atoms with E-state index >= 15 is 0 Å². The third-order valence-electron chi connectivity index (χ3n) is 16.4. The maximum Gasteiger partial charge on any atom is 0.326 e. The summed E-state index contributed by atoms with van der Waals surface area (Å²) >= 11 is 0. The molecule has 272 valence electrons. The van der Waals surface area contributed by atoms with Crippen molar-refractivity contribution in [2.75, 3.05) is 0 Å². The first-order valence-electron chi connectivity index (χ1n) is 19.8. The second-order valence-corrected chi connectivity index (χ2v) is 19.7. The molecule has 1 aromatic carbocycles. The van der Waals surface area contributed by atoms with E-state index in [-0.39, 0.29) is 33.7 Å². The average molecular weight is 674 g/mol. The van der Waals surface area contributed by atoms with E-state index < -0.39 is 12.0 Å². The summed E-state index contributed by atoms with van der Waals surface area (Å²) in [6.07, 6.45) is 18.3. The summed E-state index contributed by atoms with van der Waals surface area (Å²) in [6.45, 7) is 19.6. The number of carbonyl (C=O) groups is 2. The number of hydrogen-bond acceptors (Lipinski definition) is 3. The largest absolute Gasteiger partial charge is 0.480 e. The van der Waals surface area contributed by atoms with Gasteiger partial charge in [-0.2, -0.15) is 0 Å². The van der Waals surface area contributed by atoms with E-state index in [1.54, 1.807) is 5.57 Å². The van der Waals surface area contributed by atoms with Gasteiger partial charge in [-0.25, -0.2) is 4.79 Å².